The molecule has 9 heteroatoms. The molecule has 116 valence electrons. The Labute approximate surface area is 136 Å². The van der Waals surface area contributed by atoms with Crippen LogP contribution in [0.3, 0.4) is 0 Å². The van der Waals surface area contributed by atoms with Crippen molar-refractivity contribution in [2.24, 2.45) is 0 Å². The lowest BCUT2D eigenvalue weighted by Gasteiger charge is -2.36. The molecule has 1 N–H and O–H groups in total. The lowest BCUT2D eigenvalue weighted by Crippen LogP contribution is -2.49. The fraction of sp³-hybridized carbons (Fsp3) is 0.545. The van der Waals surface area contributed by atoms with E-state index in [1.807, 2.05) is 0 Å². The number of rotatable bonds is 2. The van der Waals surface area contributed by atoms with E-state index in [4.69, 9.17) is 0 Å². The second-order valence-corrected chi connectivity index (χ2v) is 4.96. The van der Waals surface area contributed by atoms with E-state index in [2.05, 4.69) is 26.2 Å². The summed E-state index contributed by atoms with van der Waals surface area (Å²) in [6, 6.07) is 1.44. The zero-order valence-electron chi connectivity index (χ0n) is 10.4. The Morgan fingerprint density at radius 3 is 2.25 bits per heavy atom. The lowest BCUT2D eigenvalue weighted by molar-refractivity contribution is -0.188. The number of aromatic nitrogens is 1. The van der Waals surface area contributed by atoms with Gasteiger partial charge in [0.1, 0.15) is 10.6 Å². The number of hydrogen-bond donors (Lipinski definition) is 1. The summed E-state index contributed by atoms with van der Waals surface area (Å²) in [7, 11) is 0. The molecule has 1 saturated heterocycles. The Morgan fingerprint density at radius 2 is 1.80 bits per heavy atom. The van der Waals surface area contributed by atoms with E-state index in [1.165, 1.54) is 23.2 Å². The van der Waals surface area contributed by atoms with Crippen LogP contribution in [-0.2, 0) is 0 Å². The lowest BCUT2D eigenvalue weighted by atomic mass is 10.1. The summed E-state index contributed by atoms with van der Waals surface area (Å²) >= 11 is 3.13. The van der Waals surface area contributed by atoms with Gasteiger partial charge in [-0.1, -0.05) is 6.07 Å². The van der Waals surface area contributed by atoms with E-state index in [-0.39, 0.29) is 30.4 Å². The van der Waals surface area contributed by atoms with Crippen LogP contribution >= 0.6 is 40.7 Å². The highest BCUT2D eigenvalue weighted by molar-refractivity contribution is 9.10. The molecular formula is C11H15BrCl2F3N3. The minimum Gasteiger partial charge on any atom is -0.314 e. The van der Waals surface area contributed by atoms with Crippen LogP contribution < -0.4 is 5.32 Å². The van der Waals surface area contributed by atoms with E-state index >= 15 is 0 Å². The van der Waals surface area contributed by atoms with Gasteiger partial charge in [0.2, 0.25) is 0 Å². The molecule has 1 aliphatic rings. The molecule has 0 bridgehead atoms. The largest absolute Gasteiger partial charge is 0.408 e. The molecule has 2 heterocycles. The van der Waals surface area contributed by atoms with Crippen LogP contribution in [0, 0.1) is 0 Å². The Kier molecular flexibility index (Phi) is 8.35. The van der Waals surface area contributed by atoms with Crippen molar-refractivity contribution in [3.8, 4) is 0 Å². The van der Waals surface area contributed by atoms with E-state index < -0.39 is 12.2 Å². The number of alkyl halides is 3. The first-order valence-electron chi connectivity index (χ1n) is 5.61. The Morgan fingerprint density at radius 1 is 1.20 bits per heavy atom. The standard InChI is InChI=1S/C11H13BrF3N3.2ClH/c12-9-2-1-8(7-17-9)10(11(13,14)15)18-5-3-16-4-6-18;;/h1-2,7,10,16H,3-6H2;2*1H/t10-;;/m1../s1. The van der Waals surface area contributed by atoms with Crippen molar-refractivity contribution in [2.45, 2.75) is 12.2 Å². The van der Waals surface area contributed by atoms with Gasteiger partial charge in [-0.3, -0.25) is 4.90 Å². The number of halogens is 6. The van der Waals surface area contributed by atoms with Crippen molar-refractivity contribution < 1.29 is 13.2 Å². The number of piperazine rings is 1. The number of hydrogen-bond acceptors (Lipinski definition) is 3. The molecule has 1 atom stereocenters. The molecule has 1 aromatic heterocycles. The summed E-state index contributed by atoms with van der Waals surface area (Å²) in [6.45, 7) is 1.94. The SMILES string of the molecule is Cl.Cl.FC(F)(F)[C@@H](c1ccc(Br)nc1)N1CCNCC1. The van der Waals surface area contributed by atoms with Crippen LogP contribution in [0.5, 0.6) is 0 Å². The molecule has 0 saturated carbocycles. The highest BCUT2D eigenvalue weighted by Crippen LogP contribution is 2.37. The molecule has 0 amide bonds. The zero-order chi connectivity index (χ0) is 13.2. The van der Waals surface area contributed by atoms with Gasteiger partial charge in [-0.05, 0) is 27.6 Å². The highest BCUT2D eigenvalue weighted by Gasteiger charge is 2.44. The maximum atomic E-state index is 13.2. The van der Waals surface area contributed by atoms with Gasteiger partial charge in [0, 0.05) is 32.4 Å². The molecule has 0 unspecified atom stereocenters. The number of nitrogens with zero attached hydrogens (tertiary/aromatic N) is 2. The monoisotopic (exact) mass is 395 g/mol. The van der Waals surface area contributed by atoms with Gasteiger partial charge in [0.15, 0.2) is 0 Å². The fourth-order valence-corrected chi connectivity index (χ4v) is 2.33. The van der Waals surface area contributed by atoms with E-state index in [1.54, 1.807) is 0 Å². The number of nitrogens with one attached hydrogen (secondary N) is 1. The molecule has 0 aliphatic carbocycles. The maximum absolute atomic E-state index is 13.2. The van der Waals surface area contributed by atoms with Crippen LogP contribution in [0.2, 0.25) is 0 Å². The van der Waals surface area contributed by atoms with Crippen molar-refractivity contribution >= 4 is 40.7 Å². The van der Waals surface area contributed by atoms with Gasteiger partial charge in [-0.15, -0.1) is 24.8 Å². The molecule has 0 radical (unpaired) electrons. The summed E-state index contributed by atoms with van der Waals surface area (Å²) in [5, 5.41) is 3.05. The number of pyridine rings is 1. The summed E-state index contributed by atoms with van der Waals surface area (Å²) in [4.78, 5) is 5.33. The molecule has 1 aliphatic heterocycles. The second-order valence-electron chi connectivity index (χ2n) is 4.14. The Bertz CT molecular complexity index is 397. The van der Waals surface area contributed by atoms with E-state index in [9.17, 15) is 13.2 Å². The van der Waals surface area contributed by atoms with Crippen LogP contribution in [0.4, 0.5) is 13.2 Å². The van der Waals surface area contributed by atoms with Crippen LogP contribution in [-0.4, -0.2) is 42.2 Å². The van der Waals surface area contributed by atoms with Crippen molar-refractivity contribution in [3.63, 3.8) is 0 Å². The topological polar surface area (TPSA) is 28.2 Å². The predicted octanol–water partition coefficient (Wildman–Crippen LogP) is 3.20. The van der Waals surface area contributed by atoms with Gasteiger partial charge < -0.3 is 5.32 Å². The van der Waals surface area contributed by atoms with Gasteiger partial charge in [0.25, 0.3) is 0 Å². The zero-order valence-corrected chi connectivity index (χ0v) is 13.6. The van der Waals surface area contributed by atoms with Gasteiger partial charge >= 0.3 is 6.18 Å². The molecule has 20 heavy (non-hydrogen) atoms. The quantitative estimate of drug-likeness (QED) is 0.778. The third-order valence-electron chi connectivity index (χ3n) is 2.89. The van der Waals surface area contributed by atoms with Crippen molar-refractivity contribution in [3.05, 3.63) is 28.5 Å². The molecule has 1 fully saturated rings. The fourth-order valence-electron chi connectivity index (χ4n) is 2.10. The van der Waals surface area contributed by atoms with Gasteiger partial charge in [-0.25, -0.2) is 4.98 Å². The van der Waals surface area contributed by atoms with Crippen LogP contribution in [0.15, 0.2) is 22.9 Å². The molecule has 0 spiro atoms. The van der Waals surface area contributed by atoms with Crippen molar-refractivity contribution in [1.82, 2.24) is 15.2 Å². The van der Waals surface area contributed by atoms with Gasteiger partial charge in [0.05, 0.1) is 0 Å². The molecule has 2 rings (SSSR count). The second kappa shape index (κ2) is 8.38. The minimum absolute atomic E-state index is 0. The first-order valence-corrected chi connectivity index (χ1v) is 6.41. The molecule has 1 aromatic rings. The highest BCUT2D eigenvalue weighted by atomic mass is 79.9. The molecule has 0 aromatic carbocycles. The summed E-state index contributed by atoms with van der Waals surface area (Å²) in [5.41, 5.74) is 0.188. The third kappa shape index (κ3) is 5.04. The predicted molar refractivity (Wildman–Crippen MR) is 79.7 cm³/mol. The Balaban J connectivity index is 0.00000180. The smallest absolute Gasteiger partial charge is 0.314 e. The van der Waals surface area contributed by atoms with Gasteiger partial charge in [-0.2, -0.15) is 13.2 Å². The van der Waals surface area contributed by atoms with Crippen LogP contribution in [0.25, 0.3) is 0 Å². The summed E-state index contributed by atoms with van der Waals surface area (Å²) in [6.07, 6.45) is -3.00. The van der Waals surface area contributed by atoms with E-state index in [0.29, 0.717) is 30.8 Å². The van der Waals surface area contributed by atoms with Crippen molar-refractivity contribution in [1.29, 1.82) is 0 Å². The summed E-state index contributed by atoms with van der Waals surface area (Å²) in [5.74, 6) is 0. The average molecular weight is 397 g/mol. The first-order chi connectivity index (χ1) is 8.48. The minimum atomic E-state index is -4.28. The maximum Gasteiger partial charge on any atom is 0.408 e. The average Bonchev–Trinajstić information content (AvgIpc) is 2.32. The van der Waals surface area contributed by atoms with Crippen molar-refractivity contribution in [2.75, 3.05) is 26.2 Å². The first kappa shape index (κ1) is 19.9. The van der Waals surface area contributed by atoms with Crippen LogP contribution in [0.1, 0.15) is 11.6 Å². The molecular weight excluding hydrogens is 382 g/mol. The normalized spacial score (nSPS) is 17.8. The summed E-state index contributed by atoms with van der Waals surface area (Å²) < 4.78 is 40.1. The van der Waals surface area contributed by atoms with E-state index in [0.717, 1.165) is 0 Å². The third-order valence-corrected chi connectivity index (χ3v) is 3.36. The Hall–Kier alpha value is -0.0800. The molecule has 3 nitrogen and oxygen atoms in total.